The first kappa shape index (κ1) is 13.5. The van der Waals surface area contributed by atoms with Crippen molar-refractivity contribution in [3.63, 3.8) is 0 Å². The number of carbonyl (C=O) groups excluding carboxylic acids is 1. The summed E-state index contributed by atoms with van der Waals surface area (Å²) in [4.78, 5) is 11.1. The second kappa shape index (κ2) is 5.19. The third kappa shape index (κ3) is 3.49. The van der Waals surface area contributed by atoms with Gasteiger partial charge in [0.1, 0.15) is 5.78 Å². The Labute approximate surface area is 104 Å². The minimum absolute atomic E-state index is 0.0362. The highest BCUT2D eigenvalue weighted by atomic mass is 79.9. The predicted molar refractivity (Wildman–Crippen MR) is 59.0 cm³/mol. The van der Waals surface area contributed by atoms with Crippen molar-refractivity contribution < 1.29 is 18.0 Å². The van der Waals surface area contributed by atoms with E-state index in [-0.39, 0.29) is 22.6 Å². The van der Waals surface area contributed by atoms with Crippen LogP contribution in [-0.4, -0.2) is 11.1 Å². The van der Waals surface area contributed by atoms with E-state index in [1.165, 1.54) is 6.07 Å². The van der Waals surface area contributed by atoms with E-state index >= 15 is 0 Å². The number of hydrogen-bond donors (Lipinski definition) is 0. The lowest BCUT2D eigenvalue weighted by atomic mass is 10.1. The molecule has 0 spiro atoms. The van der Waals surface area contributed by atoms with E-state index in [0.29, 0.717) is 5.56 Å². The van der Waals surface area contributed by atoms with Crippen LogP contribution in [0.5, 0.6) is 0 Å². The van der Waals surface area contributed by atoms with Crippen LogP contribution in [-0.2, 0) is 17.4 Å². The summed E-state index contributed by atoms with van der Waals surface area (Å²) in [7, 11) is 0. The fraction of sp³-hybridized carbons (Fsp3) is 0.300. The highest BCUT2D eigenvalue weighted by Crippen LogP contribution is 2.35. The molecule has 6 heteroatoms. The number of halogens is 5. The van der Waals surface area contributed by atoms with Crippen LogP contribution in [0.3, 0.4) is 0 Å². The van der Waals surface area contributed by atoms with Crippen molar-refractivity contribution in [1.82, 2.24) is 0 Å². The molecule has 0 aliphatic carbocycles. The molecule has 0 N–H and O–H groups in total. The standard InChI is InChI=1S/C10H7BrClF3O/c11-5-7(16)3-6-1-2-9(12)8(4-6)10(13,14)15/h1-2,4H,3,5H2. The van der Waals surface area contributed by atoms with E-state index in [9.17, 15) is 18.0 Å². The van der Waals surface area contributed by atoms with Crippen LogP contribution in [0.1, 0.15) is 11.1 Å². The SMILES string of the molecule is O=C(CBr)Cc1ccc(Cl)c(C(F)(F)F)c1. The van der Waals surface area contributed by atoms with Gasteiger partial charge in [-0.1, -0.05) is 33.6 Å². The van der Waals surface area contributed by atoms with Crippen molar-refractivity contribution in [3.05, 3.63) is 34.3 Å². The Morgan fingerprint density at radius 1 is 1.38 bits per heavy atom. The first-order valence-electron chi connectivity index (χ1n) is 4.28. The van der Waals surface area contributed by atoms with Gasteiger partial charge in [-0.2, -0.15) is 13.2 Å². The molecule has 1 rings (SSSR count). The zero-order chi connectivity index (χ0) is 12.3. The minimum Gasteiger partial charge on any atom is -0.298 e. The van der Waals surface area contributed by atoms with Crippen molar-refractivity contribution in [2.75, 3.05) is 5.33 Å². The Balaban J connectivity index is 3.03. The quantitative estimate of drug-likeness (QED) is 0.774. The lowest BCUT2D eigenvalue weighted by Crippen LogP contribution is -2.09. The zero-order valence-corrected chi connectivity index (χ0v) is 10.3. The third-order valence-corrected chi connectivity index (χ3v) is 2.84. The maximum absolute atomic E-state index is 12.5. The monoisotopic (exact) mass is 314 g/mol. The number of hydrogen-bond acceptors (Lipinski definition) is 1. The second-order valence-corrected chi connectivity index (χ2v) is 4.13. The van der Waals surface area contributed by atoms with Gasteiger partial charge in [0, 0.05) is 6.42 Å². The summed E-state index contributed by atoms with van der Waals surface area (Å²) in [6, 6.07) is 3.47. The van der Waals surface area contributed by atoms with E-state index in [4.69, 9.17) is 11.6 Å². The van der Waals surface area contributed by atoms with Gasteiger partial charge in [-0.25, -0.2) is 0 Å². The van der Waals surface area contributed by atoms with Gasteiger partial charge >= 0.3 is 6.18 Å². The number of Topliss-reactive ketones (excluding diaryl/α,β-unsaturated/α-hetero) is 1. The van der Waals surface area contributed by atoms with E-state index in [1.54, 1.807) is 0 Å². The lowest BCUT2D eigenvalue weighted by molar-refractivity contribution is -0.137. The number of rotatable bonds is 3. The summed E-state index contributed by atoms with van der Waals surface area (Å²) in [6.45, 7) is 0. The normalized spacial score (nSPS) is 11.6. The molecule has 0 amide bonds. The molecule has 0 atom stereocenters. The van der Waals surface area contributed by atoms with Gasteiger partial charge in [-0.3, -0.25) is 4.79 Å². The third-order valence-electron chi connectivity index (χ3n) is 1.89. The highest BCUT2D eigenvalue weighted by molar-refractivity contribution is 9.09. The maximum Gasteiger partial charge on any atom is 0.417 e. The Morgan fingerprint density at radius 2 is 2.00 bits per heavy atom. The Morgan fingerprint density at radius 3 is 2.50 bits per heavy atom. The molecule has 0 bridgehead atoms. The summed E-state index contributed by atoms with van der Waals surface area (Å²) >= 11 is 8.38. The van der Waals surface area contributed by atoms with Gasteiger partial charge in [-0.15, -0.1) is 0 Å². The van der Waals surface area contributed by atoms with E-state index in [1.807, 2.05) is 0 Å². The smallest absolute Gasteiger partial charge is 0.298 e. The molecule has 0 fully saturated rings. The average molecular weight is 316 g/mol. The first-order chi connectivity index (χ1) is 7.34. The summed E-state index contributed by atoms with van der Waals surface area (Å²) in [6.07, 6.45) is -4.53. The molecule has 0 saturated carbocycles. The Kier molecular flexibility index (Phi) is 4.38. The summed E-state index contributed by atoms with van der Waals surface area (Å²) in [5, 5.41) is -0.237. The number of alkyl halides is 4. The van der Waals surface area contributed by atoms with Crippen LogP contribution < -0.4 is 0 Å². The maximum atomic E-state index is 12.5. The van der Waals surface area contributed by atoms with Crippen molar-refractivity contribution >= 4 is 33.3 Å². The molecule has 0 aliphatic rings. The van der Waals surface area contributed by atoms with Gasteiger partial charge in [0.2, 0.25) is 0 Å². The number of carbonyl (C=O) groups is 1. The molecule has 16 heavy (non-hydrogen) atoms. The summed E-state index contributed by atoms with van der Waals surface area (Å²) < 4.78 is 37.4. The van der Waals surface area contributed by atoms with Crippen LogP contribution in [0.4, 0.5) is 13.2 Å². The summed E-state index contributed by atoms with van der Waals surface area (Å²) in [5.74, 6) is -0.185. The van der Waals surface area contributed by atoms with Crippen molar-refractivity contribution in [2.45, 2.75) is 12.6 Å². The van der Waals surface area contributed by atoms with Crippen molar-refractivity contribution in [1.29, 1.82) is 0 Å². The molecule has 88 valence electrons. The second-order valence-electron chi connectivity index (χ2n) is 3.16. The number of ketones is 1. The molecule has 0 saturated heterocycles. The molecule has 0 aliphatic heterocycles. The largest absolute Gasteiger partial charge is 0.417 e. The Bertz CT molecular complexity index is 404. The number of benzene rings is 1. The van der Waals surface area contributed by atoms with Crippen LogP contribution in [0.15, 0.2) is 18.2 Å². The molecule has 1 aromatic rings. The fourth-order valence-corrected chi connectivity index (χ4v) is 1.60. The fourth-order valence-electron chi connectivity index (χ4n) is 1.17. The van der Waals surface area contributed by atoms with Gasteiger partial charge in [0.15, 0.2) is 0 Å². The topological polar surface area (TPSA) is 17.1 Å². The molecule has 0 unspecified atom stereocenters. The minimum atomic E-state index is -4.50. The first-order valence-corrected chi connectivity index (χ1v) is 5.78. The molecule has 0 heterocycles. The highest BCUT2D eigenvalue weighted by Gasteiger charge is 2.33. The van der Waals surface area contributed by atoms with Crippen molar-refractivity contribution in [2.24, 2.45) is 0 Å². The van der Waals surface area contributed by atoms with Crippen LogP contribution >= 0.6 is 27.5 Å². The molecular formula is C10H7BrClF3O. The lowest BCUT2D eigenvalue weighted by Gasteiger charge is -2.10. The van der Waals surface area contributed by atoms with Gasteiger partial charge in [-0.05, 0) is 17.7 Å². The van der Waals surface area contributed by atoms with Gasteiger partial charge < -0.3 is 0 Å². The molecule has 0 aromatic heterocycles. The van der Waals surface area contributed by atoms with E-state index in [2.05, 4.69) is 15.9 Å². The van der Waals surface area contributed by atoms with Crippen LogP contribution in [0, 0.1) is 0 Å². The molecule has 1 aromatic carbocycles. The molecule has 1 nitrogen and oxygen atoms in total. The predicted octanol–water partition coefficient (Wildman–Crippen LogP) is 3.87. The van der Waals surface area contributed by atoms with Crippen LogP contribution in [0.25, 0.3) is 0 Å². The summed E-state index contributed by atoms with van der Waals surface area (Å²) in [5.41, 5.74) is -0.602. The zero-order valence-electron chi connectivity index (χ0n) is 7.94. The van der Waals surface area contributed by atoms with Gasteiger partial charge in [0.05, 0.1) is 15.9 Å². The Hall–Kier alpha value is -0.550. The average Bonchev–Trinajstić information content (AvgIpc) is 2.19. The van der Waals surface area contributed by atoms with Gasteiger partial charge in [0.25, 0.3) is 0 Å². The van der Waals surface area contributed by atoms with Crippen molar-refractivity contribution in [3.8, 4) is 0 Å². The molecule has 0 radical (unpaired) electrons. The molecular weight excluding hydrogens is 308 g/mol. The van der Waals surface area contributed by atoms with Crippen LogP contribution in [0.2, 0.25) is 5.02 Å². The van der Waals surface area contributed by atoms with E-state index in [0.717, 1.165) is 12.1 Å². The van der Waals surface area contributed by atoms with E-state index < -0.39 is 11.7 Å².